The number of ether oxygens (including phenoxy) is 1. The maximum atomic E-state index is 12.3. The second-order valence-corrected chi connectivity index (χ2v) is 7.63. The number of pyridine rings is 2. The summed E-state index contributed by atoms with van der Waals surface area (Å²) >= 11 is 0. The Bertz CT molecular complexity index is 966. The smallest absolute Gasteiger partial charge is 0.226 e. The predicted molar refractivity (Wildman–Crippen MR) is 113 cm³/mol. The monoisotopic (exact) mass is 422 g/mol. The van der Waals surface area contributed by atoms with Gasteiger partial charge in [-0.1, -0.05) is 11.3 Å². The first kappa shape index (κ1) is 21.1. The summed E-state index contributed by atoms with van der Waals surface area (Å²) < 4.78 is 7.85. The Hall–Kier alpha value is -3.17. The van der Waals surface area contributed by atoms with Crippen molar-refractivity contribution in [1.82, 2.24) is 30.3 Å². The first-order chi connectivity index (χ1) is 15.2. The second-order valence-electron chi connectivity index (χ2n) is 7.63. The van der Waals surface area contributed by atoms with Gasteiger partial charge in [0.2, 0.25) is 5.91 Å². The van der Waals surface area contributed by atoms with E-state index in [1.54, 1.807) is 23.3 Å². The molecule has 0 aromatic carbocycles. The van der Waals surface area contributed by atoms with Gasteiger partial charge in [-0.2, -0.15) is 0 Å². The molecule has 9 nitrogen and oxygen atoms in total. The van der Waals surface area contributed by atoms with Gasteiger partial charge < -0.3 is 15.2 Å². The number of aromatic nitrogens is 5. The Morgan fingerprint density at radius 1 is 1.23 bits per heavy atom. The molecule has 0 aliphatic carbocycles. The van der Waals surface area contributed by atoms with E-state index in [2.05, 4.69) is 25.6 Å². The van der Waals surface area contributed by atoms with Crippen molar-refractivity contribution in [2.75, 3.05) is 6.61 Å². The van der Waals surface area contributed by atoms with Gasteiger partial charge in [-0.15, -0.1) is 5.10 Å². The summed E-state index contributed by atoms with van der Waals surface area (Å²) in [6.45, 7) is 0.520. The van der Waals surface area contributed by atoms with Crippen LogP contribution < -0.4 is 5.32 Å². The van der Waals surface area contributed by atoms with Crippen LogP contribution in [0.3, 0.4) is 0 Å². The largest absolute Gasteiger partial charge is 0.394 e. The number of nitrogens with zero attached hydrogens (tertiary/aromatic N) is 5. The number of rotatable bonds is 8. The molecule has 4 heterocycles. The fourth-order valence-electron chi connectivity index (χ4n) is 3.76. The quantitative estimate of drug-likeness (QED) is 0.564. The fraction of sp³-hybridized carbons (Fsp3) is 0.409. The van der Waals surface area contributed by atoms with E-state index in [1.807, 2.05) is 36.5 Å². The zero-order valence-corrected chi connectivity index (χ0v) is 17.2. The van der Waals surface area contributed by atoms with Crippen LogP contribution in [0.25, 0.3) is 11.3 Å². The Labute approximate surface area is 180 Å². The summed E-state index contributed by atoms with van der Waals surface area (Å²) in [5.74, 6) is -0.116. The Balaban J connectivity index is 1.26. The topological polar surface area (TPSA) is 115 Å². The minimum Gasteiger partial charge on any atom is -0.394 e. The lowest BCUT2D eigenvalue weighted by Crippen LogP contribution is -2.51. The number of aliphatic hydroxyl groups is 1. The first-order valence-electron chi connectivity index (χ1n) is 10.5. The molecule has 3 atom stereocenters. The lowest BCUT2D eigenvalue weighted by Gasteiger charge is -2.36. The first-order valence-corrected chi connectivity index (χ1v) is 10.5. The fourth-order valence-corrected chi connectivity index (χ4v) is 3.76. The van der Waals surface area contributed by atoms with Crippen molar-refractivity contribution in [1.29, 1.82) is 0 Å². The van der Waals surface area contributed by atoms with Crippen LogP contribution in [0.5, 0.6) is 0 Å². The molecule has 3 aromatic rings. The maximum Gasteiger partial charge on any atom is 0.226 e. The summed E-state index contributed by atoms with van der Waals surface area (Å²) in [5.41, 5.74) is 2.42. The standard InChI is InChI=1S/C22H26N6O3/c29-15-21-19(25-22(30)12-17-5-1-2-10-24-17)7-6-18(31-21)8-11-28-14-20(26-27-28)16-4-3-9-23-13-16/h1-5,9-10,13-14,18-19,21,29H,6-8,11-12,15H2,(H,25,30)/t18-,19-,21+/m0/s1. The van der Waals surface area contributed by atoms with Crippen molar-refractivity contribution >= 4 is 5.91 Å². The number of hydrogen-bond acceptors (Lipinski definition) is 7. The molecule has 1 aliphatic heterocycles. The van der Waals surface area contributed by atoms with Crippen molar-refractivity contribution in [2.45, 2.75) is 50.5 Å². The van der Waals surface area contributed by atoms with Crippen molar-refractivity contribution in [3.8, 4) is 11.3 Å². The summed E-state index contributed by atoms with van der Waals surface area (Å²) in [5, 5.41) is 21.1. The van der Waals surface area contributed by atoms with Gasteiger partial charge in [-0.3, -0.25) is 19.4 Å². The van der Waals surface area contributed by atoms with E-state index >= 15 is 0 Å². The van der Waals surface area contributed by atoms with Crippen LogP contribution in [-0.4, -0.2) is 60.8 Å². The SMILES string of the molecule is O=C(Cc1ccccn1)N[C@H]1CC[C@@H](CCn2cc(-c3cccnc3)nn2)O[C@@H]1CO. The van der Waals surface area contributed by atoms with E-state index in [4.69, 9.17) is 4.74 Å². The molecule has 1 fully saturated rings. The van der Waals surface area contributed by atoms with Gasteiger partial charge in [-0.05, 0) is 43.5 Å². The van der Waals surface area contributed by atoms with E-state index in [0.29, 0.717) is 12.2 Å². The zero-order valence-electron chi connectivity index (χ0n) is 17.2. The molecule has 162 valence electrons. The number of aryl methyl sites for hydroxylation is 1. The molecule has 3 aromatic heterocycles. The average molecular weight is 422 g/mol. The molecule has 0 spiro atoms. The summed E-state index contributed by atoms with van der Waals surface area (Å²) in [4.78, 5) is 20.6. The van der Waals surface area contributed by atoms with E-state index in [9.17, 15) is 9.90 Å². The molecule has 31 heavy (non-hydrogen) atoms. The van der Waals surface area contributed by atoms with Crippen LogP contribution in [0.4, 0.5) is 0 Å². The van der Waals surface area contributed by atoms with E-state index in [1.165, 1.54) is 0 Å². The van der Waals surface area contributed by atoms with Gasteiger partial charge in [0.1, 0.15) is 11.8 Å². The molecule has 9 heteroatoms. The third kappa shape index (κ3) is 5.71. The number of carbonyl (C=O) groups excluding carboxylic acids is 1. The number of hydrogen-bond donors (Lipinski definition) is 2. The zero-order chi connectivity index (χ0) is 21.5. The molecule has 0 bridgehead atoms. The number of aliphatic hydroxyl groups excluding tert-OH is 1. The van der Waals surface area contributed by atoms with Gasteiger partial charge >= 0.3 is 0 Å². The molecule has 2 N–H and O–H groups in total. The van der Waals surface area contributed by atoms with Gasteiger partial charge in [0.05, 0.1) is 31.4 Å². The Kier molecular flexibility index (Phi) is 6.96. The number of amides is 1. The van der Waals surface area contributed by atoms with Crippen molar-refractivity contribution in [3.05, 3.63) is 60.8 Å². The highest BCUT2D eigenvalue weighted by Gasteiger charge is 2.31. The normalized spacial score (nSPS) is 21.0. The maximum absolute atomic E-state index is 12.3. The molecule has 0 unspecified atom stereocenters. The summed E-state index contributed by atoms with van der Waals surface area (Å²) in [7, 11) is 0. The number of carbonyl (C=O) groups is 1. The van der Waals surface area contributed by atoms with Crippen LogP contribution in [0, 0.1) is 0 Å². The molecule has 1 aliphatic rings. The van der Waals surface area contributed by atoms with E-state index in [-0.39, 0.29) is 31.1 Å². The molecular weight excluding hydrogens is 396 g/mol. The van der Waals surface area contributed by atoms with Crippen LogP contribution in [0.1, 0.15) is 25.0 Å². The van der Waals surface area contributed by atoms with Gasteiger partial charge in [0.15, 0.2) is 0 Å². The molecule has 1 amide bonds. The molecular formula is C22H26N6O3. The molecule has 4 rings (SSSR count). The predicted octanol–water partition coefficient (Wildman–Crippen LogP) is 1.39. The Morgan fingerprint density at radius 3 is 2.94 bits per heavy atom. The minimum atomic E-state index is -0.423. The lowest BCUT2D eigenvalue weighted by molar-refractivity contribution is -0.128. The van der Waals surface area contributed by atoms with Crippen molar-refractivity contribution in [2.24, 2.45) is 0 Å². The minimum absolute atomic E-state index is 0.00728. The highest BCUT2D eigenvalue weighted by Crippen LogP contribution is 2.23. The van der Waals surface area contributed by atoms with Crippen molar-refractivity contribution in [3.63, 3.8) is 0 Å². The third-order valence-electron chi connectivity index (χ3n) is 5.39. The highest BCUT2D eigenvalue weighted by molar-refractivity contribution is 5.78. The molecule has 0 radical (unpaired) electrons. The van der Waals surface area contributed by atoms with Crippen LogP contribution in [-0.2, 0) is 22.5 Å². The highest BCUT2D eigenvalue weighted by atomic mass is 16.5. The van der Waals surface area contributed by atoms with Crippen LogP contribution in [0.15, 0.2) is 55.1 Å². The van der Waals surface area contributed by atoms with E-state index in [0.717, 1.165) is 30.5 Å². The van der Waals surface area contributed by atoms with Gasteiger partial charge in [-0.25, -0.2) is 0 Å². The van der Waals surface area contributed by atoms with Crippen LogP contribution in [0.2, 0.25) is 0 Å². The van der Waals surface area contributed by atoms with Crippen molar-refractivity contribution < 1.29 is 14.6 Å². The summed E-state index contributed by atoms with van der Waals surface area (Å²) in [6, 6.07) is 9.10. The molecule has 0 saturated carbocycles. The van der Waals surface area contributed by atoms with Crippen LogP contribution >= 0.6 is 0 Å². The molecule has 1 saturated heterocycles. The third-order valence-corrected chi connectivity index (χ3v) is 5.39. The van der Waals surface area contributed by atoms with Gasteiger partial charge in [0, 0.05) is 36.4 Å². The second kappa shape index (κ2) is 10.2. The van der Waals surface area contributed by atoms with Gasteiger partial charge in [0.25, 0.3) is 0 Å². The lowest BCUT2D eigenvalue weighted by atomic mass is 9.97. The average Bonchev–Trinajstić information content (AvgIpc) is 3.29. The Morgan fingerprint density at radius 2 is 2.16 bits per heavy atom. The number of nitrogens with one attached hydrogen (secondary N) is 1. The summed E-state index contributed by atoms with van der Waals surface area (Å²) in [6.07, 6.45) is 9.13. The van der Waals surface area contributed by atoms with E-state index < -0.39 is 6.10 Å².